The minimum Gasteiger partial charge on any atom is -0.494 e. The van der Waals surface area contributed by atoms with Gasteiger partial charge < -0.3 is 10.1 Å². The number of nitro groups is 1. The van der Waals surface area contributed by atoms with Crippen molar-refractivity contribution in [1.82, 2.24) is 0 Å². The van der Waals surface area contributed by atoms with Crippen LogP contribution in [0.4, 0.5) is 11.4 Å². The number of benzene rings is 2. The van der Waals surface area contributed by atoms with Crippen LogP contribution in [0.1, 0.15) is 6.92 Å². The van der Waals surface area contributed by atoms with Crippen LogP contribution in [0, 0.1) is 10.1 Å². The molecular formula is C16H15BrN2O4S. The third kappa shape index (κ3) is 4.72. The summed E-state index contributed by atoms with van der Waals surface area (Å²) in [5.74, 6) is 0.0356. The normalized spacial score (nSPS) is 11.6. The van der Waals surface area contributed by atoms with Crippen LogP contribution >= 0.6 is 27.7 Å². The van der Waals surface area contributed by atoms with Gasteiger partial charge in [-0.15, -0.1) is 11.8 Å². The van der Waals surface area contributed by atoms with Crippen molar-refractivity contribution < 1.29 is 14.5 Å². The highest BCUT2D eigenvalue weighted by Crippen LogP contribution is 2.31. The lowest BCUT2D eigenvalue weighted by Gasteiger charge is -2.14. The van der Waals surface area contributed by atoms with Gasteiger partial charge in [-0.25, -0.2) is 0 Å². The summed E-state index contributed by atoms with van der Waals surface area (Å²) in [5, 5.41) is 13.2. The highest BCUT2D eigenvalue weighted by Gasteiger charge is 2.18. The molecule has 8 heteroatoms. The van der Waals surface area contributed by atoms with Crippen LogP contribution in [0.15, 0.2) is 51.8 Å². The van der Waals surface area contributed by atoms with Crippen LogP contribution in [-0.4, -0.2) is 23.2 Å². The zero-order valence-electron chi connectivity index (χ0n) is 13.0. The number of rotatable bonds is 6. The van der Waals surface area contributed by atoms with E-state index in [1.807, 2.05) is 24.3 Å². The van der Waals surface area contributed by atoms with Gasteiger partial charge in [0.2, 0.25) is 5.91 Å². The number of halogens is 1. The Labute approximate surface area is 151 Å². The summed E-state index contributed by atoms with van der Waals surface area (Å²) in [5.41, 5.74) is 0.304. The summed E-state index contributed by atoms with van der Waals surface area (Å²) in [6, 6.07) is 11.7. The highest BCUT2D eigenvalue weighted by atomic mass is 79.9. The summed E-state index contributed by atoms with van der Waals surface area (Å²) in [6.07, 6.45) is 0. The van der Waals surface area contributed by atoms with E-state index in [2.05, 4.69) is 21.2 Å². The van der Waals surface area contributed by atoms with Crippen LogP contribution in [0.3, 0.4) is 0 Å². The van der Waals surface area contributed by atoms with Crippen molar-refractivity contribution in [3.05, 3.63) is 57.1 Å². The molecule has 1 amide bonds. The van der Waals surface area contributed by atoms with E-state index in [0.29, 0.717) is 5.69 Å². The zero-order valence-corrected chi connectivity index (χ0v) is 15.4. The number of anilines is 1. The van der Waals surface area contributed by atoms with Gasteiger partial charge in [-0.05, 0) is 37.3 Å². The number of nitrogens with one attached hydrogen (secondary N) is 1. The van der Waals surface area contributed by atoms with Crippen molar-refractivity contribution in [2.75, 3.05) is 12.4 Å². The lowest BCUT2D eigenvalue weighted by molar-refractivity contribution is -0.384. The Bertz CT molecular complexity index is 752. The van der Waals surface area contributed by atoms with Gasteiger partial charge in [0.25, 0.3) is 5.69 Å². The molecule has 0 aliphatic heterocycles. The first-order valence-corrected chi connectivity index (χ1v) is 8.63. The van der Waals surface area contributed by atoms with E-state index in [0.717, 1.165) is 9.37 Å². The van der Waals surface area contributed by atoms with Crippen LogP contribution in [0.5, 0.6) is 5.75 Å². The number of amides is 1. The highest BCUT2D eigenvalue weighted by molar-refractivity contribution is 9.10. The SMILES string of the molecule is COc1cc([N+](=O)[O-])ccc1NC(=O)[C@@H](C)Sc1ccc(Br)cc1. The number of methoxy groups -OCH3 is 1. The van der Waals surface area contributed by atoms with E-state index in [4.69, 9.17) is 4.74 Å². The monoisotopic (exact) mass is 410 g/mol. The van der Waals surface area contributed by atoms with E-state index < -0.39 is 4.92 Å². The molecule has 0 saturated carbocycles. The maximum Gasteiger partial charge on any atom is 0.273 e. The number of thioether (sulfide) groups is 1. The van der Waals surface area contributed by atoms with E-state index >= 15 is 0 Å². The van der Waals surface area contributed by atoms with Crippen molar-refractivity contribution >= 4 is 45.0 Å². The molecule has 0 radical (unpaired) electrons. The predicted octanol–water partition coefficient (Wildman–Crippen LogP) is 4.49. The molecule has 0 aliphatic rings. The van der Waals surface area contributed by atoms with Crippen molar-refractivity contribution in [3.63, 3.8) is 0 Å². The number of carbonyl (C=O) groups is 1. The Hall–Kier alpha value is -2.06. The van der Waals surface area contributed by atoms with Crippen LogP contribution in [0.2, 0.25) is 0 Å². The van der Waals surface area contributed by atoms with E-state index in [1.54, 1.807) is 6.92 Å². The topological polar surface area (TPSA) is 81.5 Å². The van der Waals surface area contributed by atoms with Gasteiger partial charge in [0.15, 0.2) is 0 Å². The van der Waals surface area contributed by atoms with Crippen LogP contribution in [0.25, 0.3) is 0 Å². The van der Waals surface area contributed by atoms with Crippen LogP contribution < -0.4 is 10.1 Å². The molecule has 0 unspecified atom stereocenters. The first kappa shape index (κ1) is 18.3. The molecule has 1 atom stereocenters. The van der Waals surface area contributed by atoms with Crippen molar-refractivity contribution in [3.8, 4) is 5.75 Å². The number of hydrogen-bond donors (Lipinski definition) is 1. The second-order valence-corrected chi connectivity index (χ2v) is 7.17. The molecule has 2 rings (SSSR count). The van der Waals surface area contributed by atoms with Gasteiger partial charge in [-0.2, -0.15) is 0 Å². The van der Waals surface area contributed by atoms with Gasteiger partial charge in [-0.1, -0.05) is 15.9 Å². The molecule has 1 N–H and O–H groups in total. The zero-order chi connectivity index (χ0) is 17.7. The molecule has 2 aromatic carbocycles. The number of ether oxygens (including phenoxy) is 1. The summed E-state index contributed by atoms with van der Waals surface area (Å²) in [7, 11) is 1.40. The van der Waals surface area contributed by atoms with E-state index in [9.17, 15) is 14.9 Å². The third-order valence-electron chi connectivity index (χ3n) is 3.15. The minimum absolute atomic E-state index is 0.0952. The molecule has 126 valence electrons. The van der Waals surface area contributed by atoms with Crippen molar-refractivity contribution in [2.24, 2.45) is 0 Å². The molecule has 24 heavy (non-hydrogen) atoms. The second kappa shape index (κ2) is 8.16. The summed E-state index contributed by atoms with van der Waals surface area (Å²) in [4.78, 5) is 23.6. The molecule has 0 heterocycles. The third-order valence-corrected chi connectivity index (χ3v) is 4.79. The Morgan fingerprint density at radius 3 is 2.54 bits per heavy atom. The maximum atomic E-state index is 12.3. The van der Waals surface area contributed by atoms with Crippen LogP contribution in [-0.2, 0) is 4.79 Å². The Morgan fingerprint density at radius 1 is 1.29 bits per heavy atom. The minimum atomic E-state index is -0.514. The Morgan fingerprint density at radius 2 is 1.96 bits per heavy atom. The number of carbonyl (C=O) groups excluding carboxylic acids is 1. The molecule has 6 nitrogen and oxygen atoms in total. The molecule has 2 aromatic rings. The summed E-state index contributed by atoms with van der Waals surface area (Å²) < 4.78 is 6.09. The smallest absolute Gasteiger partial charge is 0.273 e. The number of hydrogen-bond acceptors (Lipinski definition) is 5. The van der Waals surface area contributed by atoms with E-state index in [1.165, 1.54) is 37.1 Å². The van der Waals surface area contributed by atoms with E-state index in [-0.39, 0.29) is 22.6 Å². The van der Waals surface area contributed by atoms with Gasteiger partial charge >= 0.3 is 0 Å². The molecular weight excluding hydrogens is 396 g/mol. The Balaban J connectivity index is 2.08. The molecule has 0 spiro atoms. The van der Waals surface area contributed by atoms with Gasteiger partial charge in [-0.3, -0.25) is 14.9 Å². The molecule has 0 bridgehead atoms. The summed E-state index contributed by atoms with van der Waals surface area (Å²) in [6.45, 7) is 1.79. The fourth-order valence-electron chi connectivity index (χ4n) is 1.90. The average Bonchev–Trinajstić information content (AvgIpc) is 2.56. The van der Waals surface area contributed by atoms with Gasteiger partial charge in [0.1, 0.15) is 5.75 Å². The lowest BCUT2D eigenvalue weighted by atomic mass is 10.2. The van der Waals surface area contributed by atoms with Crippen molar-refractivity contribution in [2.45, 2.75) is 17.1 Å². The molecule has 0 fully saturated rings. The molecule has 0 aliphatic carbocycles. The molecule has 0 aromatic heterocycles. The number of non-ortho nitro benzene ring substituents is 1. The summed E-state index contributed by atoms with van der Waals surface area (Å²) >= 11 is 4.79. The quantitative estimate of drug-likeness (QED) is 0.431. The van der Waals surface area contributed by atoms with Gasteiger partial charge in [0.05, 0.1) is 29.0 Å². The largest absolute Gasteiger partial charge is 0.494 e. The van der Waals surface area contributed by atoms with Crippen molar-refractivity contribution in [1.29, 1.82) is 0 Å². The second-order valence-electron chi connectivity index (χ2n) is 4.84. The predicted molar refractivity (Wildman–Crippen MR) is 97.7 cm³/mol. The molecule has 0 saturated heterocycles. The fourth-order valence-corrected chi connectivity index (χ4v) is 3.03. The first-order valence-electron chi connectivity index (χ1n) is 6.96. The average molecular weight is 411 g/mol. The maximum absolute atomic E-state index is 12.3. The first-order chi connectivity index (χ1) is 11.4. The fraction of sp³-hybridized carbons (Fsp3) is 0.188. The number of nitrogens with zero attached hydrogens (tertiary/aromatic N) is 1. The standard InChI is InChI=1S/C16H15BrN2O4S/c1-10(24-13-6-3-11(17)4-7-13)16(20)18-14-8-5-12(19(21)22)9-15(14)23-2/h3-10H,1-2H3,(H,18,20)/t10-/m1/s1. The lowest BCUT2D eigenvalue weighted by Crippen LogP contribution is -2.22. The van der Waals surface area contributed by atoms with Gasteiger partial charge in [0, 0.05) is 15.4 Å². The number of nitro benzene ring substituents is 1. The Kier molecular flexibility index (Phi) is 6.22.